The van der Waals surface area contributed by atoms with Crippen molar-refractivity contribution in [1.29, 1.82) is 0 Å². The molecule has 29 heavy (non-hydrogen) atoms. The number of ether oxygens (including phenoxy) is 2. The number of nitrogens with one attached hydrogen (secondary N) is 2. The van der Waals surface area contributed by atoms with Crippen LogP contribution in [-0.2, 0) is 11.3 Å². The van der Waals surface area contributed by atoms with Crippen molar-refractivity contribution in [3.63, 3.8) is 0 Å². The van der Waals surface area contributed by atoms with E-state index in [0.717, 1.165) is 24.9 Å². The molecule has 8 heteroatoms. The van der Waals surface area contributed by atoms with E-state index in [1.54, 1.807) is 18.2 Å². The topological polar surface area (TPSA) is 106 Å². The van der Waals surface area contributed by atoms with Crippen LogP contribution >= 0.6 is 0 Å². The fourth-order valence-corrected chi connectivity index (χ4v) is 3.73. The molecule has 0 aliphatic carbocycles. The van der Waals surface area contributed by atoms with Gasteiger partial charge in [-0.2, -0.15) is 0 Å². The molecular weight excluding hydrogens is 372 g/mol. The van der Waals surface area contributed by atoms with Gasteiger partial charge in [-0.15, -0.1) is 0 Å². The maximum absolute atomic E-state index is 12.4. The summed E-state index contributed by atoms with van der Waals surface area (Å²) in [5, 5.41) is 5.64. The van der Waals surface area contributed by atoms with Gasteiger partial charge in [-0.25, -0.2) is 4.79 Å². The molecule has 1 fully saturated rings. The first-order valence-electron chi connectivity index (χ1n) is 9.68. The Morgan fingerprint density at radius 3 is 2.59 bits per heavy atom. The van der Waals surface area contributed by atoms with E-state index in [2.05, 4.69) is 15.5 Å². The van der Waals surface area contributed by atoms with E-state index in [9.17, 15) is 9.59 Å². The number of rotatable bonds is 5. The molecule has 4 rings (SSSR count). The summed E-state index contributed by atoms with van der Waals surface area (Å²) < 4.78 is 11.0. The van der Waals surface area contributed by atoms with Crippen LogP contribution in [-0.4, -0.2) is 42.6 Å². The molecule has 0 bridgehead atoms. The maximum atomic E-state index is 12.4. The molecular formula is C21H24N4O4. The maximum Gasteiger partial charge on any atom is 0.323 e. The van der Waals surface area contributed by atoms with Gasteiger partial charge in [0.05, 0.1) is 6.04 Å². The van der Waals surface area contributed by atoms with Crippen molar-refractivity contribution in [3.8, 4) is 11.5 Å². The Hall–Kier alpha value is -3.26. The third kappa shape index (κ3) is 4.60. The Kier molecular flexibility index (Phi) is 5.53. The number of carbonyl (C=O) groups excluding carboxylic acids is 2. The van der Waals surface area contributed by atoms with E-state index < -0.39 is 0 Å². The molecule has 4 N–H and O–H groups in total. The van der Waals surface area contributed by atoms with Gasteiger partial charge in [-0.3, -0.25) is 9.69 Å². The van der Waals surface area contributed by atoms with Crippen LogP contribution in [0, 0.1) is 0 Å². The second kappa shape index (κ2) is 8.40. The second-order valence-corrected chi connectivity index (χ2v) is 7.17. The molecule has 2 aromatic rings. The number of nitrogens with zero attached hydrogens (tertiary/aromatic N) is 1. The quantitative estimate of drug-likeness (QED) is 0.720. The van der Waals surface area contributed by atoms with Crippen molar-refractivity contribution in [1.82, 2.24) is 4.90 Å². The lowest BCUT2D eigenvalue weighted by Gasteiger charge is -2.22. The minimum Gasteiger partial charge on any atom is -0.486 e. The highest BCUT2D eigenvalue weighted by Crippen LogP contribution is 2.32. The molecule has 0 saturated carbocycles. The van der Waals surface area contributed by atoms with Crippen molar-refractivity contribution in [2.24, 2.45) is 5.73 Å². The van der Waals surface area contributed by atoms with Crippen LogP contribution in [0.2, 0.25) is 0 Å². The summed E-state index contributed by atoms with van der Waals surface area (Å²) in [4.78, 5) is 26.0. The molecule has 2 aliphatic rings. The molecule has 0 unspecified atom stereocenters. The second-order valence-electron chi connectivity index (χ2n) is 7.17. The van der Waals surface area contributed by atoms with Crippen LogP contribution < -0.4 is 25.8 Å². The van der Waals surface area contributed by atoms with E-state index in [1.165, 1.54) is 0 Å². The number of urea groups is 1. The molecule has 0 aromatic heterocycles. The van der Waals surface area contributed by atoms with Crippen molar-refractivity contribution < 1.29 is 19.1 Å². The number of anilines is 2. The molecule has 1 atom stereocenters. The van der Waals surface area contributed by atoms with Crippen molar-refractivity contribution in [3.05, 3.63) is 48.0 Å². The van der Waals surface area contributed by atoms with Crippen LogP contribution in [0.1, 0.15) is 18.4 Å². The standard InChI is InChI=1S/C21H24N4O4/c22-20(26)17-5-2-8-25(17)13-14-3-1-4-15(11-14)23-21(27)24-16-6-7-18-19(12-16)29-10-9-28-18/h1,3-4,6-7,11-12,17H,2,5,8-10,13H2,(H2,22,26)(H2,23,24,27)/t17-/m1/s1. The van der Waals surface area contributed by atoms with E-state index in [-0.39, 0.29) is 18.0 Å². The van der Waals surface area contributed by atoms with Crippen LogP contribution in [0.25, 0.3) is 0 Å². The van der Waals surface area contributed by atoms with E-state index in [4.69, 9.17) is 15.2 Å². The van der Waals surface area contributed by atoms with Gasteiger partial charge in [0.2, 0.25) is 5.91 Å². The zero-order valence-corrected chi connectivity index (χ0v) is 16.0. The molecule has 152 valence electrons. The number of nitrogens with two attached hydrogens (primary N) is 1. The van der Waals surface area contributed by atoms with Gasteiger partial charge >= 0.3 is 6.03 Å². The largest absolute Gasteiger partial charge is 0.486 e. The molecule has 2 aliphatic heterocycles. The van der Waals surface area contributed by atoms with Crippen LogP contribution in [0.5, 0.6) is 11.5 Å². The van der Waals surface area contributed by atoms with Gasteiger partial charge in [0.25, 0.3) is 0 Å². The fraction of sp³-hybridized carbons (Fsp3) is 0.333. The first-order chi connectivity index (χ1) is 14.1. The number of amides is 3. The zero-order chi connectivity index (χ0) is 20.2. The third-order valence-electron chi connectivity index (χ3n) is 5.06. The van der Waals surface area contributed by atoms with Crippen LogP contribution in [0.15, 0.2) is 42.5 Å². The Morgan fingerprint density at radius 2 is 1.79 bits per heavy atom. The average molecular weight is 396 g/mol. The minimum absolute atomic E-state index is 0.217. The van der Waals surface area contributed by atoms with Gasteiger partial charge in [-0.1, -0.05) is 12.1 Å². The molecule has 3 amide bonds. The molecule has 1 saturated heterocycles. The third-order valence-corrected chi connectivity index (χ3v) is 5.06. The average Bonchev–Trinajstić information content (AvgIpc) is 3.16. The summed E-state index contributed by atoms with van der Waals surface area (Å²) >= 11 is 0. The predicted molar refractivity (Wildman–Crippen MR) is 109 cm³/mol. The summed E-state index contributed by atoms with van der Waals surface area (Å²) in [6, 6.07) is 12.3. The molecule has 2 aromatic carbocycles. The van der Waals surface area contributed by atoms with E-state index >= 15 is 0 Å². The lowest BCUT2D eigenvalue weighted by atomic mass is 10.1. The first-order valence-corrected chi connectivity index (χ1v) is 9.68. The minimum atomic E-state index is -0.352. The summed E-state index contributed by atoms with van der Waals surface area (Å²) in [6.07, 6.45) is 1.76. The summed E-state index contributed by atoms with van der Waals surface area (Å²) in [5.41, 5.74) is 7.79. The number of benzene rings is 2. The van der Waals surface area contributed by atoms with Crippen LogP contribution in [0.4, 0.5) is 16.2 Å². The molecule has 0 spiro atoms. The monoisotopic (exact) mass is 396 g/mol. The number of fused-ring (bicyclic) bond motifs is 1. The Balaban J connectivity index is 1.37. The summed E-state index contributed by atoms with van der Waals surface area (Å²) in [6.45, 7) is 2.47. The number of primary amides is 1. The number of hydrogen-bond acceptors (Lipinski definition) is 5. The SMILES string of the molecule is NC(=O)[C@H]1CCCN1Cc1cccc(NC(=O)Nc2ccc3c(c2)OCCO3)c1. The van der Waals surface area contributed by atoms with Gasteiger partial charge in [0, 0.05) is 24.0 Å². The Bertz CT molecular complexity index is 917. The highest BCUT2D eigenvalue weighted by Gasteiger charge is 2.28. The normalized spacial score (nSPS) is 18.3. The van der Waals surface area contributed by atoms with E-state index in [1.807, 2.05) is 24.3 Å². The first kappa shape index (κ1) is 19.1. The number of hydrogen-bond donors (Lipinski definition) is 3. The molecule has 0 radical (unpaired) electrons. The highest BCUT2D eigenvalue weighted by atomic mass is 16.6. The smallest absolute Gasteiger partial charge is 0.323 e. The van der Waals surface area contributed by atoms with Crippen molar-refractivity contribution >= 4 is 23.3 Å². The Morgan fingerprint density at radius 1 is 1.03 bits per heavy atom. The van der Waals surface area contributed by atoms with Crippen molar-refractivity contribution in [2.45, 2.75) is 25.4 Å². The van der Waals surface area contributed by atoms with Gasteiger partial charge in [-0.05, 0) is 49.2 Å². The van der Waals surface area contributed by atoms with Gasteiger partial charge in [0.1, 0.15) is 13.2 Å². The lowest BCUT2D eigenvalue weighted by Crippen LogP contribution is -2.39. The fourth-order valence-electron chi connectivity index (χ4n) is 3.73. The number of likely N-dealkylation sites (tertiary alicyclic amines) is 1. The highest BCUT2D eigenvalue weighted by molar-refractivity contribution is 6.00. The van der Waals surface area contributed by atoms with Gasteiger partial charge < -0.3 is 25.8 Å². The lowest BCUT2D eigenvalue weighted by molar-refractivity contribution is -0.122. The predicted octanol–water partition coefficient (Wildman–Crippen LogP) is 2.55. The van der Waals surface area contributed by atoms with E-state index in [0.29, 0.717) is 42.6 Å². The van der Waals surface area contributed by atoms with Gasteiger partial charge in [0.15, 0.2) is 11.5 Å². The van der Waals surface area contributed by atoms with Crippen LogP contribution in [0.3, 0.4) is 0 Å². The molecule has 8 nitrogen and oxygen atoms in total. The Labute approximate surface area is 169 Å². The molecule has 2 heterocycles. The summed E-state index contributed by atoms with van der Waals surface area (Å²) in [5.74, 6) is 1.01. The summed E-state index contributed by atoms with van der Waals surface area (Å²) in [7, 11) is 0. The zero-order valence-electron chi connectivity index (χ0n) is 16.0. The van der Waals surface area contributed by atoms with Crippen molar-refractivity contribution in [2.75, 3.05) is 30.4 Å². The number of carbonyl (C=O) groups is 2.